The second-order valence-corrected chi connectivity index (χ2v) is 5.99. The monoisotopic (exact) mass is 338 g/mol. The van der Waals surface area contributed by atoms with Crippen molar-refractivity contribution in [2.45, 2.75) is 13.0 Å². The van der Waals surface area contributed by atoms with Crippen molar-refractivity contribution in [3.63, 3.8) is 0 Å². The Morgan fingerprint density at radius 3 is 2.16 bits per heavy atom. The molecule has 1 aliphatic rings. The van der Waals surface area contributed by atoms with Crippen LogP contribution in [0, 0.1) is 0 Å². The van der Waals surface area contributed by atoms with Crippen LogP contribution in [-0.4, -0.2) is 47.7 Å². The van der Waals surface area contributed by atoms with Crippen molar-refractivity contribution in [3.05, 3.63) is 53.7 Å². The molecule has 7 nitrogen and oxygen atoms in total. The zero-order valence-electron chi connectivity index (χ0n) is 14.2. The van der Waals surface area contributed by atoms with E-state index in [9.17, 15) is 14.4 Å². The zero-order chi connectivity index (χ0) is 18.1. The number of carbonyl (C=O) groups is 3. The van der Waals surface area contributed by atoms with Crippen LogP contribution in [-0.2, 0) is 4.79 Å². The van der Waals surface area contributed by atoms with E-state index in [4.69, 9.17) is 0 Å². The lowest BCUT2D eigenvalue weighted by Crippen LogP contribution is -2.45. The third kappa shape index (κ3) is 2.96. The summed E-state index contributed by atoms with van der Waals surface area (Å²) in [5.41, 5.74) is 1.15. The minimum absolute atomic E-state index is 0.323. The van der Waals surface area contributed by atoms with Crippen molar-refractivity contribution in [3.8, 4) is 0 Å². The maximum Gasteiger partial charge on any atom is 0.262 e. The highest BCUT2D eigenvalue weighted by Gasteiger charge is 2.40. The molecule has 2 heterocycles. The minimum atomic E-state index is -0.930. The number of hydrogen-bond donors (Lipinski definition) is 1. The molecule has 3 amide bonds. The molecule has 0 spiro atoms. The first-order valence-electron chi connectivity index (χ1n) is 7.81. The van der Waals surface area contributed by atoms with Gasteiger partial charge in [-0.3, -0.25) is 19.3 Å². The maximum atomic E-state index is 12.5. The Morgan fingerprint density at radius 2 is 1.68 bits per heavy atom. The van der Waals surface area contributed by atoms with Gasteiger partial charge in [-0.25, -0.2) is 4.98 Å². The lowest BCUT2D eigenvalue weighted by molar-refractivity contribution is -0.119. The highest BCUT2D eigenvalue weighted by Crippen LogP contribution is 2.25. The number of pyridine rings is 1. The van der Waals surface area contributed by atoms with E-state index in [0.717, 1.165) is 10.7 Å². The predicted molar refractivity (Wildman–Crippen MR) is 93.6 cm³/mol. The fourth-order valence-corrected chi connectivity index (χ4v) is 2.65. The topological polar surface area (TPSA) is 82.6 Å². The molecule has 0 fully saturated rings. The molecule has 1 atom stereocenters. The molecule has 1 N–H and O–H groups in total. The molecule has 0 radical (unpaired) electrons. The van der Waals surface area contributed by atoms with Crippen molar-refractivity contribution < 1.29 is 14.4 Å². The lowest BCUT2D eigenvalue weighted by atomic mass is 10.1. The van der Waals surface area contributed by atoms with Gasteiger partial charge >= 0.3 is 0 Å². The van der Waals surface area contributed by atoms with Crippen LogP contribution in [0.2, 0.25) is 0 Å². The van der Waals surface area contributed by atoms with Gasteiger partial charge in [0.05, 0.1) is 23.0 Å². The van der Waals surface area contributed by atoms with Crippen LogP contribution in [0.3, 0.4) is 0 Å². The summed E-state index contributed by atoms with van der Waals surface area (Å²) in [4.78, 5) is 44.4. The molecule has 1 aromatic heterocycles. The fraction of sp³-hybridized carbons (Fsp3) is 0.222. The van der Waals surface area contributed by atoms with E-state index < -0.39 is 23.8 Å². The van der Waals surface area contributed by atoms with Gasteiger partial charge in [0, 0.05) is 14.1 Å². The number of hydrogen-bond acceptors (Lipinski definition) is 5. The van der Waals surface area contributed by atoms with Crippen molar-refractivity contribution in [1.29, 1.82) is 0 Å². The first-order chi connectivity index (χ1) is 11.9. The van der Waals surface area contributed by atoms with Gasteiger partial charge in [0.1, 0.15) is 11.9 Å². The van der Waals surface area contributed by atoms with Crippen molar-refractivity contribution in [2.24, 2.45) is 0 Å². The molecule has 1 aliphatic heterocycles. The number of amides is 3. The minimum Gasteiger partial charge on any atom is -0.363 e. The molecule has 0 saturated heterocycles. The molecule has 0 bridgehead atoms. The van der Waals surface area contributed by atoms with E-state index >= 15 is 0 Å². The smallest absolute Gasteiger partial charge is 0.262 e. The van der Waals surface area contributed by atoms with E-state index in [2.05, 4.69) is 10.3 Å². The fourth-order valence-electron chi connectivity index (χ4n) is 2.65. The van der Waals surface area contributed by atoms with Gasteiger partial charge in [-0.2, -0.15) is 0 Å². The number of anilines is 2. The van der Waals surface area contributed by atoms with E-state index in [1.165, 1.54) is 13.1 Å². The summed E-state index contributed by atoms with van der Waals surface area (Å²) in [6.07, 6.45) is 1.53. The highest BCUT2D eigenvalue weighted by atomic mass is 16.2. The highest BCUT2D eigenvalue weighted by molar-refractivity contribution is 6.23. The van der Waals surface area contributed by atoms with Crippen LogP contribution in [0.4, 0.5) is 11.5 Å². The normalized spacial score (nSPS) is 14.3. The van der Waals surface area contributed by atoms with Crippen molar-refractivity contribution in [1.82, 2.24) is 9.88 Å². The van der Waals surface area contributed by atoms with E-state index in [-0.39, 0.29) is 0 Å². The van der Waals surface area contributed by atoms with Gasteiger partial charge in [0.15, 0.2) is 0 Å². The molecular weight excluding hydrogens is 320 g/mol. The number of imide groups is 1. The van der Waals surface area contributed by atoms with Gasteiger partial charge < -0.3 is 10.2 Å². The Balaban J connectivity index is 1.75. The van der Waals surface area contributed by atoms with Crippen LogP contribution < -0.4 is 10.2 Å². The van der Waals surface area contributed by atoms with Crippen LogP contribution in [0.1, 0.15) is 27.6 Å². The van der Waals surface area contributed by atoms with E-state index in [1.54, 1.807) is 36.4 Å². The number of carbonyl (C=O) groups excluding carboxylic acids is 3. The summed E-state index contributed by atoms with van der Waals surface area (Å²) >= 11 is 0. The Morgan fingerprint density at radius 1 is 1.08 bits per heavy atom. The quantitative estimate of drug-likeness (QED) is 0.859. The Hall–Kier alpha value is -3.22. The van der Waals surface area contributed by atoms with Crippen molar-refractivity contribution >= 4 is 29.2 Å². The largest absolute Gasteiger partial charge is 0.363 e. The summed E-state index contributed by atoms with van der Waals surface area (Å²) in [6.45, 7) is 1.53. The molecule has 7 heteroatoms. The van der Waals surface area contributed by atoms with Crippen LogP contribution >= 0.6 is 0 Å². The summed E-state index contributed by atoms with van der Waals surface area (Å²) in [5, 5.41) is 2.69. The second-order valence-electron chi connectivity index (χ2n) is 5.99. The summed E-state index contributed by atoms with van der Waals surface area (Å²) < 4.78 is 0. The van der Waals surface area contributed by atoms with E-state index in [0.29, 0.717) is 16.8 Å². The molecule has 0 saturated carbocycles. The van der Waals surface area contributed by atoms with Crippen LogP contribution in [0.25, 0.3) is 0 Å². The molecule has 0 aliphatic carbocycles. The number of benzene rings is 1. The lowest BCUT2D eigenvalue weighted by Gasteiger charge is -2.21. The third-order valence-electron chi connectivity index (χ3n) is 4.07. The number of aromatic nitrogens is 1. The summed E-state index contributed by atoms with van der Waals surface area (Å²) in [6, 6.07) is 9.11. The SMILES string of the molecule is CC(C(=O)Nc1ccc(N(C)C)nc1)N1C(=O)c2ccccc2C1=O. The summed E-state index contributed by atoms with van der Waals surface area (Å²) in [5.74, 6) is -0.603. The Bertz CT molecular complexity index is 811. The second kappa shape index (κ2) is 6.35. The number of fused-ring (bicyclic) bond motifs is 1. The van der Waals surface area contributed by atoms with Crippen LogP contribution in [0.5, 0.6) is 0 Å². The van der Waals surface area contributed by atoms with Gasteiger partial charge in [-0.1, -0.05) is 12.1 Å². The average Bonchev–Trinajstić information content (AvgIpc) is 2.86. The molecular formula is C18H18N4O3. The van der Waals surface area contributed by atoms with E-state index in [1.807, 2.05) is 19.0 Å². The standard InChI is InChI=1S/C18H18N4O3/c1-11(16(23)20-12-8-9-15(19-10-12)21(2)3)22-17(24)13-6-4-5-7-14(13)18(22)25/h4-11H,1-3H3,(H,20,23). The number of nitrogens with one attached hydrogen (secondary N) is 1. The molecule has 1 aromatic carbocycles. The van der Waals surface area contributed by atoms with Gasteiger partial charge in [-0.15, -0.1) is 0 Å². The van der Waals surface area contributed by atoms with Gasteiger partial charge in [0.25, 0.3) is 11.8 Å². The Kier molecular flexibility index (Phi) is 4.22. The van der Waals surface area contributed by atoms with Gasteiger partial charge in [0.2, 0.25) is 5.91 Å². The molecule has 3 rings (SSSR count). The summed E-state index contributed by atoms with van der Waals surface area (Å²) in [7, 11) is 3.73. The molecule has 25 heavy (non-hydrogen) atoms. The number of nitrogens with zero attached hydrogens (tertiary/aromatic N) is 3. The number of rotatable bonds is 4. The van der Waals surface area contributed by atoms with Crippen molar-refractivity contribution in [2.75, 3.05) is 24.3 Å². The molecule has 1 unspecified atom stereocenters. The Labute approximate surface area is 145 Å². The first-order valence-corrected chi connectivity index (χ1v) is 7.81. The maximum absolute atomic E-state index is 12.5. The average molecular weight is 338 g/mol. The molecule has 2 aromatic rings. The van der Waals surface area contributed by atoms with Gasteiger partial charge in [-0.05, 0) is 31.2 Å². The van der Waals surface area contributed by atoms with Crippen LogP contribution in [0.15, 0.2) is 42.6 Å². The third-order valence-corrected chi connectivity index (χ3v) is 4.07. The zero-order valence-corrected chi connectivity index (χ0v) is 14.2. The predicted octanol–water partition coefficient (Wildman–Crippen LogP) is 1.77. The molecule has 128 valence electrons. The first kappa shape index (κ1) is 16.6.